The summed E-state index contributed by atoms with van der Waals surface area (Å²) < 4.78 is 0. The van der Waals surface area contributed by atoms with E-state index in [-0.39, 0.29) is 5.91 Å². The Morgan fingerprint density at radius 2 is 1.81 bits per heavy atom. The van der Waals surface area contributed by atoms with E-state index in [1.165, 1.54) is 4.90 Å². The van der Waals surface area contributed by atoms with Gasteiger partial charge in [0, 0.05) is 43.6 Å². The second kappa shape index (κ2) is 8.24. The second-order valence-corrected chi connectivity index (χ2v) is 6.92. The number of para-hydroxylation sites is 1. The average molecular weight is 370 g/mol. The van der Waals surface area contributed by atoms with Gasteiger partial charge in [0.25, 0.3) is 5.91 Å². The van der Waals surface area contributed by atoms with Crippen molar-refractivity contribution in [1.29, 1.82) is 0 Å². The molecule has 2 heterocycles. The van der Waals surface area contributed by atoms with Crippen molar-refractivity contribution in [3.05, 3.63) is 35.5 Å². The van der Waals surface area contributed by atoms with Crippen LogP contribution in [0, 0.1) is 6.92 Å². The Labute approximate surface area is 158 Å². The van der Waals surface area contributed by atoms with Crippen LogP contribution in [-0.4, -0.2) is 65.2 Å². The Morgan fingerprint density at radius 3 is 2.48 bits per heavy atom. The van der Waals surface area contributed by atoms with Gasteiger partial charge in [0.1, 0.15) is 5.69 Å². The van der Waals surface area contributed by atoms with Gasteiger partial charge in [-0.15, -0.1) is 0 Å². The molecule has 0 spiro atoms. The van der Waals surface area contributed by atoms with Crippen molar-refractivity contribution in [3.8, 4) is 0 Å². The highest BCUT2D eigenvalue weighted by Crippen LogP contribution is 2.20. The lowest BCUT2D eigenvalue weighted by atomic mass is 10.2. The molecule has 1 saturated heterocycles. The summed E-state index contributed by atoms with van der Waals surface area (Å²) in [6, 6.07) is 7.81. The number of carbonyl (C=O) groups is 3. The Kier molecular flexibility index (Phi) is 5.78. The number of aromatic amines is 1. The van der Waals surface area contributed by atoms with E-state index < -0.39 is 11.8 Å². The highest BCUT2D eigenvalue weighted by Gasteiger charge is 2.28. The van der Waals surface area contributed by atoms with E-state index in [9.17, 15) is 14.4 Å². The average Bonchev–Trinajstić information content (AvgIpc) is 3.13. The number of nitrogens with zero attached hydrogens (tertiary/aromatic N) is 2. The van der Waals surface area contributed by atoms with Crippen LogP contribution in [-0.2, 0) is 9.59 Å². The quantitative estimate of drug-likeness (QED) is 0.634. The molecule has 1 aromatic carbocycles. The molecule has 0 radical (unpaired) electrons. The molecular formula is C20H26N4O3. The van der Waals surface area contributed by atoms with Crippen molar-refractivity contribution in [2.45, 2.75) is 26.7 Å². The third-order valence-corrected chi connectivity index (χ3v) is 4.96. The molecular weight excluding hydrogens is 344 g/mol. The zero-order chi connectivity index (χ0) is 19.4. The van der Waals surface area contributed by atoms with E-state index in [4.69, 9.17) is 0 Å². The standard InChI is InChI=1S/C20H26N4O3/c1-3-4-8-21-18(25)20(27)24-11-9-23(10-12-24)19(26)16-13-15-7-5-6-14(2)17(15)22-16/h5-7,13,22H,3-4,8-12H2,1-2H3,(H,21,25). The lowest BCUT2D eigenvalue weighted by molar-refractivity contribution is -0.146. The van der Waals surface area contributed by atoms with Crippen LogP contribution in [0.25, 0.3) is 10.9 Å². The third kappa shape index (κ3) is 4.13. The van der Waals surface area contributed by atoms with Crippen molar-refractivity contribution < 1.29 is 14.4 Å². The second-order valence-electron chi connectivity index (χ2n) is 6.92. The maximum Gasteiger partial charge on any atom is 0.312 e. The topological polar surface area (TPSA) is 85.5 Å². The number of hydrogen-bond acceptors (Lipinski definition) is 3. The summed E-state index contributed by atoms with van der Waals surface area (Å²) in [5.41, 5.74) is 2.62. The van der Waals surface area contributed by atoms with Crippen LogP contribution >= 0.6 is 0 Å². The smallest absolute Gasteiger partial charge is 0.312 e. The van der Waals surface area contributed by atoms with Crippen LogP contribution in [0.15, 0.2) is 24.3 Å². The number of H-pyrrole nitrogens is 1. The lowest BCUT2D eigenvalue weighted by Crippen LogP contribution is -2.54. The molecule has 0 atom stereocenters. The van der Waals surface area contributed by atoms with E-state index in [1.54, 1.807) is 4.90 Å². The number of fused-ring (bicyclic) bond motifs is 1. The molecule has 2 aromatic rings. The third-order valence-electron chi connectivity index (χ3n) is 4.96. The molecule has 0 aliphatic carbocycles. The van der Waals surface area contributed by atoms with Gasteiger partial charge < -0.3 is 20.1 Å². The summed E-state index contributed by atoms with van der Waals surface area (Å²) in [5, 5.41) is 3.66. The number of amides is 3. The van der Waals surface area contributed by atoms with E-state index >= 15 is 0 Å². The van der Waals surface area contributed by atoms with Gasteiger partial charge in [-0.1, -0.05) is 31.5 Å². The molecule has 27 heavy (non-hydrogen) atoms. The van der Waals surface area contributed by atoms with Gasteiger partial charge in [0.05, 0.1) is 0 Å². The first-order valence-electron chi connectivity index (χ1n) is 9.46. The number of aromatic nitrogens is 1. The van der Waals surface area contributed by atoms with E-state index in [1.807, 2.05) is 38.1 Å². The van der Waals surface area contributed by atoms with Gasteiger partial charge in [-0.3, -0.25) is 14.4 Å². The van der Waals surface area contributed by atoms with Crippen LogP contribution in [0.3, 0.4) is 0 Å². The molecule has 1 fully saturated rings. The number of carbonyl (C=O) groups excluding carboxylic acids is 3. The molecule has 7 nitrogen and oxygen atoms in total. The first-order chi connectivity index (χ1) is 13.0. The zero-order valence-electron chi connectivity index (χ0n) is 15.9. The molecule has 1 aliphatic rings. The van der Waals surface area contributed by atoms with Gasteiger partial charge in [0.15, 0.2) is 0 Å². The summed E-state index contributed by atoms with van der Waals surface area (Å²) in [5.74, 6) is -1.15. The minimum absolute atomic E-state index is 0.0786. The molecule has 1 aliphatic heterocycles. The molecule has 144 valence electrons. The number of benzene rings is 1. The van der Waals surface area contributed by atoms with Crippen LogP contribution < -0.4 is 5.32 Å². The predicted molar refractivity (Wildman–Crippen MR) is 103 cm³/mol. The van der Waals surface area contributed by atoms with Gasteiger partial charge >= 0.3 is 11.8 Å². The first kappa shape index (κ1) is 18.9. The van der Waals surface area contributed by atoms with Gasteiger partial charge in [0.2, 0.25) is 0 Å². The Balaban J connectivity index is 1.58. The summed E-state index contributed by atoms with van der Waals surface area (Å²) in [4.78, 5) is 43.3. The van der Waals surface area contributed by atoms with Crippen molar-refractivity contribution in [3.63, 3.8) is 0 Å². The Hall–Kier alpha value is -2.83. The number of nitrogens with one attached hydrogen (secondary N) is 2. The van der Waals surface area contributed by atoms with Crippen LogP contribution in [0.1, 0.15) is 35.8 Å². The Morgan fingerprint density at radius 1 is 1.11 bits per heavy atom. The fourth-order valence-corrected chi connectivity index (χ4v) is 3.30. The Bertz CT molecular complexity index is 850. The molecule has 0 unspecified atom stereocenters. The van der Waals surface area contributed by atoms with Crippen LogP contribution in [0.5, 0.6) is 0 Å². The van der Waals surface area contributed by atoms with Crippen LogP contribution in [0.2, 0.25) is 0 Å². The van der Waals surface area contributed by atoms with E-state index in [2.05, 4.69) is 10.3 Å². The maximum absolute atomic E-state index is 12.8. The highest BCUT2D eigenvalue weighted by molar-refractivity contribution is 6.35. The number of hydrogen-bond donors (Lipinski definition) is 2. The van der Waals surface area contributed by atoms with Gasteiger partial charge in [-0.2, -0.15) is 0 Å². The summed E-state index contributed by atoms with van der Waals surface area (Å²) in [6.07, 6.45) is 1.81. The number of aryl methyl sites for hydroxylation is 1. The molecule has 7 heteroatoms. The van der Waals surface area contributed by atoms with Crippen molar-refractivity contribution >= 4 is 28.6 Å². The number of unbranched alkanes of at least 4 members (excludes halogenated alkanes) is 1. The molecule has 0 saturated carbocycles. The van der Waals surface area contributed by atoms with Crippen LogP contribution in [0.4, 0.5) is 0 Å². The van der Waals surface area contributed by atoms with Gasteiger partial charge in [-0.25, -0.2) is 0 Å². The normalized spacial score (nSPS) is 14.4. The predicted octanol–water partition coefficient (Wildman–Crippen LogP) is 1.68. The summed E-state index contributed by atoms with van der Waals surface area (Å²) in [6.45, 7) is 6.11. The SMILES string of the molecule is CCCCNC(=O)C(=O)N1CCN(C(=O)c2cc3cccc(C)c3[nH]2)CC1. The first-order valence-corrected chi connectivity index (χ1v) is 9.46. The molecule has 2 N–H and O–H groups in total. The number of rotatable bonds is 4. The monoisotopic (exact) mass is 370 g/mol. The lowest BCUT2D eigenvalue weighted by Gasteiger charge is -2.34. The number of piperazine rings is 1. The molecule has 3 amide bonds. The van der Waals surface area contributed by atoms with Crippen molar-refractivity contribution in [2.75, 3.05) is 32.7 Å². The maximum atomic E-state index is 12.8. The fraction of sp³-hybridized carbons (Fsp3) is 0.450. The largest absolute Gasteiger partial charge is 0.350 e. The van der Waals surface area contributed by atoms with E-state index in [0.717, 1.165) is 29.3 Å². The van der Waals surface area contributed by atoms with Crippen molar-refractivity contribution in [2.24, 2.45) is 0 Å². The minimum Gasteiger partial charge on any atom is -0.350 e. The molecule has 0 bridgehead atoms. The van der Waals surface area contributed by atoms with Gasteiger partial charge in [-0.05, 0) is 25.0 Å². The summed E-state index contributed by atoms with van der Waals surface area (Å²) >= 11 is 0. The molecule has 1 aromatic heterocycles. The highest BCUT2D eigenvalue weighted by atomic mass is 16.2. The van der Waals surface area contributed by atoms with Crippen molar-refractivity contribution in [1.82, 2.24) is 20.1 Å². The zero-order valence-corrected chi connectivity index (χ0v) is 15.9. The van der Waals surface area contributed by atoms with E-state index in [0.29, 0.717) is 38.4 Å². The fourth-order valence-electron chi connectivity index (χ4n) is 3.30. The molecule has 3 rings (SSSR count). The summed E-state index contributed by atoms with van der Waals surface area (Å²) in [7, 11) is 0. The minimum atomic E-state index is -0.561.